The first kappa shape index (κ1) is 107. The molecule has 0 saturated carbocycles. The molecule has 4 aliphatic rings. The van der Waals surface area contributed by atoms with Gasteiger partial charge in [-0.1, -0.05) is 76.2 Å². The monoisotopic (exact) mass is 1880 g/mol. The number of aromatic nitrogens is 1. The van der Waals surface area contributed by atoms with E-state index in [9.17, 15) is 116 Å². The van der Waals surface area contributed by atoms with E-state index in [1.807, 2.05) is 24.5 Å². The summed E-state index contributed by atoms with van der Waals surface area (Å²) in [6.45, 7) is 4.46. The van der Waals surface area contributed by atoms with Crippen molar-refractivity contribution in [2.24, 2.45) is 34.8 Å². The van der Waals surface area contributed by atoms with Crippen LogP contribution in [-0.2, 0) is 118 Å². The number of aliphatic hydroxyl groups excluding tert-OH is 1. The summed E-state index contributed by atoms with van der Waals surface area (Å²) in [7, 11) is 0. The highest BCUT2D eigenvalue weighted by Gasteiger charge is 2.46. The van der Waals surface area contributed by atoms with Gasteiger partial charge in [-0.2, -0.15) is 0 Å². The number of hydrogen-bond donors (Lipinski definition) is 24. The molecule has 19 amide bonds. The standard InChI is InChI=1S/C85H121N23O26/c1-42(2)34-53(70(88)120)100-72(122)48(18-10-30-91-85(89)90)97-80(130)61-21-13-33-108(61)84(134)69(43(3)4)105-78(128)54(35-44-14-6-5-7-15-44)102-81(131)60-20-11-31-106(60)82(132)52(23-27-63(87)111)99-74(124)50(22-26-62(86)110)98-79(129)59-19-12-32-107(59)83(133)57(36-45-39-92-47-17-9-8-16-46(45)47)103-75(125)51(25-29-66(114)115)96-76(126)55(37-67(116)117)95-65(113)40-93-71(121)58(41-109)104-77(127)56(38-68(118)119)101-73(123)49-24-28-64(112)94-49/h5-9,14-17,39,42-43,48-61,69,92,109H,10-13,18-38,40-41H2,1-4H3,(H2,86,110)(H2,87,111)(H2,88,120)(H,93,121)(H,94,112)(H,95,113)(H,96,126)(H,97,130)(H,98,129)(H,99,124)(H,100,122)(H,101,123)(H,102,131)(H,103,125)(H,104,127)(H,105,128)(H,114,115)(H,116,117)(H,118,119)(H4,89,90,91)/t48-,49-,50-,51-,52-,53-,54-,55-,56-,57-,58-,59-,60-,61-,69-/m0/s1. The number of fused-ring (bicyclic) bond motifs is 1. The number of carboxylic acids is 3. The van der Waals surface area contributed by atoms with Gasteiger partial charge in [-0.15, -0.1) is 0 Å². The quantitative estimate of drug-likeness (QED) is 0.0142. The molecule has 15 atom stereocenters. The maximum atomic E-state index is 15.3. The van der Waals surface area contributed by atoms with Crippen LogP contribution in [0, 0.1) is 17.2 Å². The Bertz CT molecular complexity index is 4840. The summed E-state index contributed by atoms with van der Waals surface area (Å²) in [6.07, 6.45) is -4.21. The predicted octanol–water partition coefficient (Wildman–Crippen LogP) is -7.56. The molecule has 134 heavy (non-hydrogen) atoms. The van der Waals surface area contributed by atoms with Gasteiger partial charge in [0.25, 0.3) is 0 Å². The second kappa shape index (κ2) is 51.4. The van der Waals surface area contributed by atoms with Crippen molar-refractivity contribution in [3.63, 3.8) is 0 Å². The van der Waals surface area contributed by atoms with Crippen LogP contribution in [0.4, 0.5) is 0 Å². The molecule has 4 aliphatic heterocycles. The summed E-state index contributed by atoms with van der Waals surface area (Å²) in [6, 6.07) is -8.33. The van der Waals surface area contributed by atoms with Crippen LogP contribution >= 0.6 is 0 Å². The number of aliphatic hydroxyl groups is 1. The fraction of sp³-hybridized carbons (Fsp3) is 0.565. The molecule has 1 aromatic heterocycles. The molecule has 4 fully saturated rings. The van der Waals surface area contributed by atoms with Crippen LogP contribution in [0.2, 0.25) is 0 Å². The molecule has 3 aromatic rings. The maximum absolute atomic E-state index is 15.3. The summed E-state index contributed by atoms with van der Waals surface area (Å²) in [5.41, 5.74) is 23.8. The van der Waals surface area contributed by atoms with Crippen LogP contribution < -0.4 is 97.4 Å². The summed E-state index contributed by atoms with van der Waals surface area (Å²) in [4.78, 5) is 306. The van der Waals surface area contributed by atoms with Gasteiger partial charge in [-0.25, -0.2) is 0 Å². The first-order valence-corrected chi connectivity index (χ1v) is 44.0. The SMILES string of the molecule is CC(C)C[C@H](NC(=O)[C@H](CCCNC(=N)N)NC(=O)[C@@H]1CCCN1C(=O)[C@@H](NC(=O)[C@H](Cc1ccccc1)NC(=O)[C@@H]1CCCN1C(=O)[C@H](CCC(N)=O)NC(=O)[C@H](CCC(N)=O)NC(=O)[C@@H]1CCCN1C(=O)[C@H](Cc1c[nH]c2ccccc12)NC(=O)[C@H](CCC(=O)O)NC(=O)[C@H](CC(=O)O)NC(=O)CNC(=O)[C@H](CO)NC(=O)[C@H](CC(=O)O)NC(=O)[C@@H]1CCC(=O)N1)C(C)C)C(N)=O. The third-order valence-electron chi connectivity index (χ3n) is 22.8. The van der Waals surface area contributed by atoms with Crippen LogP contribution in [0.25, 0.3) is 10.9 Å². The fourth-order valence-corrected chi connectivity index (χ4v) is 15.9. The number of benzene rings is 2. The van der Waals surface area contributed by atoms with E-state index in [0.717, 1.165) is 9.80 Å². The number of rotatable bonds is 53. The van der Waals surface area contributed by atoms with Crippen LogP contribution in [-0.4, -0.2) is 306 Å². The molecule has 732 valence electrons. The van der Waals surface area contributed by atoms with Crippen LogP contribution in [0.3, 0.4) is 0 Å². The number of carboxylic acid groups (broad SMARTS) is 3. The number of H-pyrrole nitrogens is 1. The third kappa shape index (κ3) is 32.5. The number of primary amides is 3. The summed E-state index contributed by atoms with van der Waals surface area (Å²) < 4.78 is 0. The Labute approximate surface area is 768 Å². The Kier molecular flexibility index (Phi) is 40.9. The van der Waals surface area contributed by atoms with Crippen molar-refractivity contribution in [2.75, 3.05) is 39.3 Å². The molecular weight excluding hydrogens is 1760 g/mol. The van der Waals surface area contributed by atoms with E-state index >= 15 is 9.59 Å². The minimum Gasteiger partial charge on any atom is -0.481 e. The van der Waals surface area contributed by atoms with E-state index in [-0.39, 0.29) is 109 Å². The van der Waals surface area contributed by atoms with E-state index in [4.69, 9.17) is 28.3 Å². The minimum absolute atomic E-state index is 0.000707. The lowest BCUT2D eigenvalue weighted by molar-refractivity contribution is -0.144. The van der Waals surface area contributed by atoms with Gasteiger partial charge >= 0.3 is 17.9 Å². The number of nitrogens with one attached hydrogen (secondary N) is 16. The van der Waals surface area contributed by atoms with Crippen molar-refractivity contribution in [3.8, 4) is 0 Å². The number of aromatic amines is 1. The highest BCUT2D eigenvalue weighted by Crippen LogP contribution is 2.27. The molecule has 0 spiro atoms. The molecule has 0 unspecified atom stereocenters. The van der Waals surface area contributed by atoms with Gasteiger partial charge in [0.05, 0.1) is 26.0 Å². The number of nitrogens with zero attached hydrogens (tertiary/aromatic N) is 3. The predicted molar refractivity (Wildman–Crippen MR) is 470 cm³/mol. The summed E-state index contributed by atoms with van der Waals surface area (Å²) in [5.74, 6) is -24.6. The molecule has 2 aromatic carbocycles. The van der Waals surface area contributed by atoms with Gasteiger partial charge in [-0.3, -0.25) is 111 Å². The molecule has 0 bridgehead atoms. The lowest BCUT2D eigenvalue weighted by atomic mass is 9.99. The second-order valence-electron chi connectivity index (χ2n) is 33.9. The number of carbonyl (C=O) groups is 22. The Balaban J connectivity index is 1.06. The van der Waals surface area contributed by atoms with E-state index in [1.54, 1.807) is 68.4 Å². The average Bonchev–Trinajstić information content (AvgIpc) is 1.68. The van der Waals surface area contributed by atoms with Crippen LogP contribution in [0.15, 0.2) is 60.8 Å². The number of aliphatic carboxylic acids is 3. The van der Waals surface area contributed by atoms with Crippen molar-refractivity contribution in [1.82, 2.24) is 94.1 Å². The zero-order valence-electron chi connectivity index (χ0n) is 74.6. The molecular formula is C85H121N23O26. The Morgan fingerprint density at radius 1 is 0.463 bits per heavy atom. The van der Waals surface area contributed by atoms with Crippen molar-refractivity contribution >= 4 is 147 Å². The molecule has 4 saturated heterocycles. The van der Waals surface area contributed by atoms with Gasteiger partial charge in [-0.05, 0) is 112 Å². The Morgan fingerprint density at radius 2 is 0.918 bits per heavy atom. The molecule has 7 rings (SSSR count). The number of amides is 19. The normalized spacial score (nSPS) is 18.1. The largest absolute Gasteiger partial charge is 0.481 e. The molecule has 49 heteroatoms. The first-order chi connectivity index (χ1) is 63.4. The van der Waals surface area contributed by atoms with E-state index in [2.05, 4.69) is 68.8 Å². The van der Waals surface area contributed by atoms with Crippen LogP contribution in [0.5, 0.6) is 0 Å². The summed E-state index contributed by atoms with van der Waals surface area (Å²) >= 11 is 0. The Morgan fingerprint density at radius 3 is 1.43 bits per heavy atom. The highest BCUT2D eigenvalue weighted by molar-refractivity contribution is 6.03. The number of para-hydroxylation sites is 1. The number of hydrogen-bond acceptors (Lipinski definition) is 24. The average molecular weight is 1880 g/mol. The second-order valence-corrected chi connectivity index (χ2v) is 33.9. The lowest BCUT2D eigenvalue weighted by Crippen LogP contribution is -2.61. The van der Waals surface area contributed by atoms with E-state index in [0.29, 0.717) is 28.5 Å². The van der Waals surface area contributed by atoms with Gasteiger partial charge < -0.3 is 137 Å². The number of likely N-dealkylation sites (tertiary alicyclic amines) is 3. The number of carbonyl (C=O) groups excluding carboxylic acids is 19. The molecule has 5 heterocycles. The van der Waals surface area contributed by atoms with Gasteiger partial charge in [0.15, 0.2) is 5.96 Å². The fourth-order valence-electron chi connectivity index (χ4n) is 15.9. The highest BCUT2D eigenvalue weighted by atomic mass is 16.4. The first-order valence-electron chi connectivity index (χ1n) is 44.0. The smallest absolute Gasteiger partial charge is 0.305 e. The van der Waals surface area contributed by atoms with Gasteiger partial charge in [0.1, 0.15) is 90.6 Å². The number of guanidine groups is 1. The van der Waals surface area contributed by atoms with Crippen molar-refractivity contribution in [2.45, 2.75) is 253 Å². The van der Waals surface area contributed by atoms with E-state index in [1.165, 1.54) is 11.1 Å². The van der Waals surface area contributed by atoms with Crippen molar-refractivity contribution in [3.05, 3.63) is 71.9 Å². The van der Waals surface area contributed by atoms with Gasteiger partial charge in [0, 0.05) is 81.8 Å². The minimum atomic E-state index is -2.13. The summed E-state index contributed by atoms with van der Waals surface area (Å²) in [5, 5.41) is 81.3. The van der Waals surface area contributed by atoms with Crippen molar-refractivity contribution < 1.29 is 126 Å². The number of nitrogens with two attached hydrogens (primary N) is 4. The zero-order valence-corrected chi connectivity index (χ0v) is 74.6. The molecule has 0 aliphatic carbocycles. The zero-order chi connectivity index (χ0) is 98.9. The maximum Gasteiger partial charge on any atom is 0.305 e. The lowest BCUT2D eigenvalue weighted by Gasteiger charge is -2.33. The third-order valence-corrected chi connectivity index (χ3v) is 22.8. The van der Waals surface area contributed by atoms with Crippen molar-refractivity contribution in [1.29, 1.82) is 5.41 Å². The molecule has 0 radical (unpaired) electrons. The topological polar surface area (TPSA) is 778 Å². The van der Waals surface area contributed by atoms with E-state index < -0.39 is 298 Å². The van der Waals surface area contributed by atoms with Crippen LogP contribution in [0.1, 0.15) is 161 Å². The van der Waals surface area contributed by atoms with Gasteiger partial charge in [0.2, 0.25) is 112 Å². The molecule has 28 N–H and O–H groups in total. The Hall–Kier alpha value is -14.4. The molecule has 49 nitrogen and oxygen atoms in total.